The highest BCUT2D eigenvalue weighted by Gasteiger charge is 2.10. The maximum Gasteiger partial charge on any atom is 0.488 e. The number of hydrogen-bond acceptors (Lipinski definition) is 4. The Kier molecular flexibility index (Phi) is 5.29. The van der Waals surface area contributed by atoms with Crippen LogP contribution in [0.15, 0.2) is 48.8 Å². The molecule has 0 aliphatic heterocycles. The number of benzene rings is 1. The van der Waals surface area contributed by atoms with Gasteiger partial charge in [0.2, 0.25) is 0 Å². The first-order valence-electron chi connectivity index (χ1n) is 6.75. The van der Waals surface area contributed by atoms with Gasteiger partial charge in [0.1, 0.15) is 0 Å². The molecule has 1 heterocycles. The van der Waals surface area contributed by atoms with E-state index in [0.29, 0.717) is 5.46 Å². The topological polar surface area (TPSA) is 56.6 Å². The Morgan fingerprint density at radius 1 is 0.950 bits per heavy atom. The van der Waals surface area contributed by atoms with Gasteiger partial charge in [-0.05, 0) is 35.3 Å². The van der Waals surface area contributed by atoms with Crippen LogP contribution in [-0.2, 0) is 13.1 Å². The Balaban J connectivity index is 1.99. The van der Waals surface area contributed by atoms with Crippen molar-refractivity contribution in [3.63, 3.8) is 0 Å². The van der Waals surface area contributed by atoms with E-state index in [1.165, 1.54) is 5.56 Å². The molecule has 0 fully saturated rings. The zero-order valence-corrected chi connectivity index (χ0v) is 11.6. The van der Waals surface area contributed by atoms with E-state index in [0.717, 1.165) is 25.2 Å². The van der Waals surface area contributed by atoms with E-state index in [4.69, 9.17) is 10.0 Å². The lowest BCUT2D eigenvalue weighted by Gasteiger charge is -2.20. The number of hydrogen-bond donors (Lipinski definition) is 2. The van der Waals surface area contributed by atoms with E-state index in [2.05, 4.69) is 16.8 Å². The first-order chi connectivity index (χ1) is 9.69. The normalized spacial score (nSPS) is 10.8. The lowest BCUT2D eigenvalue weighted by atomic mass is 9.80. The van der Waals surface area contributed by atoms with E-state index in [-0.39, 0.29) is 0 Å². The van der Waals surface area contributed by atoms with Gasteiger partial charge in [0, 0.05) is 25.5 Å². The van der Waals surface area contributed by atoms with Crippen molar-refractivity contribution < 1.29 is 10.0 Å². The number of rotatable bonds is 6. The van der Waals surface area contributed by atoms with E-state index < -0.39 is 7.12 Å². The van der Waals surface area contributed by atoms with Crippen molar-refractivity contribution in [3.05, 3.63) is 59.9 Å². The summed E-state index contributed by atoms with van der Waals surface area (Å²) in [4.78, 5) is 6.34. The highest BCUT2D eigenvalue weighted by molar-refractivity contribution is 6.58. The lowest BCUT2D eigenvalue weighted by molar-refractivity contribution is 0.271. The predicted octanol–water partition coefficient (Wildman–Crippen LogP) is 0.783. The van der Waals surface area contributed by atoms with Crippen LogP contribution >= 0.6 is 0 Å². The molecule has 0 saturated heterocycles. The van der Waals surface area contributed by atoms with Crippen LogP contribution < -0.4 is 5.46 Å². The van der Waals surface area contributed by atoms with Crippen molar-refractivity contribution in [2.24, 2.45) is 0 Å². The van der Waals surface area contributed by atoms with E-state index in [1.807, 2.05) is 24.3 Å². The van der Waals surface area contributed by atoms with Gasteiger partial charge in [0.05, 0.1) is 0 Å². The molecule has 104 valence electrons. The van der Waals surface area contributed by atoms with Gasteiger partial charge in [-0.3, -0.25) is 9.88 Å². The molecular weight excluding hydrogens is 251 g/mol. The van der Waals surface area contributed by atoms with E-state index >= 15 is 0 Å². The van der Waals surface area contributed by atoms with Crippen LogP contribution in [0.5, 0.6) is 0 Å². The molecule has 0 unspecified atom stereocenters. The average molecular weight is 270 g/mol. The van der Waals surface area contributed by atoms with Crippen LogP contribution in [0.2, 0.25) is 0 Å². The third kappa shape index (κ3) is 4.16. The van der Waals surface area contributed by atoms with Crippen molar-refractivity contribution in [2.75, 3.05) is 6.54 Å². The van der Waals surface area contributed by atoms with Crippen LogP contribution in [-0.4, -0.2) is 33.6 Å². The maximum atomic E-state index is 9.08. The first-order valence-corrected chi connectivity index (χ1v) is 6.75. The summed E-state index contributed by atoms with van der Waals surface area (Å²) in [5.41, 5.74) is 2.92. The van der Waals surface area contributed by atoms with Gasteiger partial charge in [-0.15, -0.1) is 0 Å². The molecule has 0 bridgehead atoms. The third-order valence-corrected chi connectivity index (χ3v) is 3.29. The van der Waals surface area contributed by atoms with Gasteiger partial charge < -0.3 is 10.0 Å². The average Bonchev–Trinajstić information content (AvgIpc) is 2.48. The number of aromatic nitrogens is 1. The monoisotopic (exact) mass is 270 g/mol. The summed E-state index contributed by atoms with van der Waals surface area (Å²) in [6.45, 7) is 4.80. The molecule has 0 amide bonds. The standard InChI is InChI=1S/C15H19BN2O2/c1-2-18(12-14-7-9-17-10-8-14)11-13-3-5-15(6-4-13)16(19)20/h3-10,19-20H,2,11-12H2,1H3. The molecule has 0 spiro atoms. The molecule has 2 aromatic rings. The second-order valence-corrected chi connectivity index (χ2v) is 4.77. The molecule has 0 atom stereocenters. The SMILES string of the molecule is CCN(Cc1ccncc1)Cc1ccc(B(O)O)cc1. The van der Waals surface area contributed by atoms with Gasteiger partial charge in [0.25, 0.3) is 0 Å². The fraction of sp³-hybridized carbons (Fsp3) is 0.267. The van der Waals surface area contributed by atoms with Crippen molar-refractivity contribution in [1.82, 2.24) is 9.88 Å². The minimum absolute atomic E-state index is 0.519. The van der Waals surface area contributed by atoms with Gasteiger partial charge in [-0.1, -0.05) is 31.2 Å². The minimum Gasteiger partial charge on any atom is -0.423 e. The Labute approximate surface area is 119 Å². The Bertz CT molecular complexity index is 517. The van der Waals surface area contributed by atoms with Crippen molar-refractivity contribution in [2.45, 2.75) is 20.0 Å². The lowest BCUT2D eigenvalue weighted by Crippen LogP contribution is -2.29. The Hall–Kier alpha value is -1.69. The molecule has 1 aromatic heterocycles. The summed E-state index contributed by atoms with van der Waals surface area (Å²) in [6.07, 6.45) is 3.61. The van der Waals surface area contributed by atoms with Crippen LogP contribution in [0.25, 0.3) is 0 Å². The first kappa shape index (κ1) is 14.7. The smallest absolute Gasteiger partial charge is 0.423 e. The molecule has 2 N–H and O–H groups in total. The van der Waals surface area contributed by atoms with Gasteiger partial charge >= 0.3 is 7.12 Å². The maximum absolute atomic E-state index is 9.08. The minimum atomic E-state index is -1.40. The zero-order chi connectivity index (χ0) is 14.4. The molecule has 2 rings (SSSR count). The number of pyridine rings is 1. The predicted molar refractivity (Wildman–Crippen MR) is 80.3 cm³/mol. The molecule has 0 aliphatic carbocycles. The fourth-order valence-electron chi connectivity index (χ4n) is 2.08. The summed E-state index contributed by atoms with van der Waals surface area (Å²) >= 11 is 0. The summed E-state index contributed by atoms with van der Waals surface area (Å²) in [5.74, 6) is 0. The third-order valence-electron chi connectivity index (χ3n) is 3.29. The van der Waals surface area contributed by atoms with Crippen molar-refractivity contribution in [1.29, 1.82) is 0 Å². The summed E-state index contributed by atoms with van der Waals surface area (Å²) < 4.78 is 0. The molecule has 4 nitrogen and oxygen atoms in total. The van der Waals surface area contributed by atoms with Crippen LogP contribution in [0.4, 0.5) is 0 Å². The van der Waals surface area contributed by atoms with Crippen LogP contribution in [0.3, 0.4) is 0 Å². The second kappa shape index (κ2) is 7.19. The molecule has 0 saturated carbocycles. The quantitative estimate of drug-likeness (QED) is 0.762. The van der Waals surface area contributed by atoms with Gasteiger partial charge in [-0.2, -0.15) is 0 Å². The molecule has 5 heteroatoms. The zero-order valence-electron chi connectivity index (χ0n) is 11.6. The van der Waals surface area contributed by atoms with Crippen molar-refractivity contribution in [3.8, 4) is 0 Å². The second-order valence-electron chi connectivity index (χ2n) is 4.77. The molecule has 0 aliphatic rings. The highest BCUT2D eigenvalue weighted by atomic mass is 16.4. The number of nitrogens with zero attached hydrogens (tertiary/aromatic N) is 2. The van der Waals surface area contributed by atoms with Crippen LogP contribution in [0.1, 0.15) is 18.1 Å². The van der Waals surface area contributed by atoms with Crippen LogP contribution in [0, 0.1) is 0 Å². The van der Waals surface area contributed by atoms with E-state index in [1.54, 1.807) is 24.5 Å². The fourth-order valence-corrected chi connectivity index (χ4v) is 2.08. The molecule has 1 aromatic carbocycles. The Morgan fingerprint density at radius 2 is 1.50 bits per heavy atom. The highest BCUT2D eigenvalue weighted by Crippen LogP contribution is 2.08. The molecule has 0 radical (unpaired) electrons. The van der Waals surface area contributed by atoms with Crippen molar-refractivity contribution >= 4 is 12.6 Å². The summed E-state index contributed by atoms with van der Waals surface area (Å²) in [6, 6.07) is 11.4. The largest absolute Gasteiger partial charge is 0.488 e. The Morgan fingerprint density at radius 3 is 2.00 bits per heavy atom. The van der Waals surface area contributed by atoms with E-state index in [9.17, 15) is 0 Å². The molecular formula is C15H19BN2O2. The molecule has 20 heavy (non-hydrogen) atoms. The van der Waals surface area contributed by atoms with Gasteiger partial charge in [0.15, 0.2) is 0 Å². The summed E-state index contributed by atoms with van der Waals surface area (Å²) in [5, 5.41) is 18.2. The summed E-state index contributed by atoms with van der Waals surface area (Å²) in [7, 11) is -1.40. The van der Waals surface area contributed by atoms with Gasteiger partial charge in [-0.25, -0.2) is 0 Å².